The van der Waals surface area contributed by atoms with Gasteiger partial charge in [0.15, 0.2) is 17.3 Å². The van der Waals surface area contributed by atoms with Gasteiger partial charge in [-0.2, -0.15) is 0 Å². The molecule has 0 spiro atoms. The molecule has 1 aromatic heterocycles. The zero-order valence-electron chi connectivity index (χ0n) is 14.1. The summed E-state index contributed by atoms with van der Waals surface area (Å²) >= 11 is 0. The number of fused-ring (bicyclic) bond motifs is 1. The number of rotatable bonds is 3. The maximum absolute atomic E-state index is 12.6. The van der Waals surface area contributed by atoms with E-state index in [0.717, 1.165) is 6.07 Å². The van der Waals surface area contributed by atoms with Crippen LogP contribution in [0.3, 0.4) is 0 Å². The predicted octanol–water partition coefficient (Wildman–Crippen LogP) is 3.19. The number of phenols is 4. The average Bonchev–Trinajstić information content (AvgIpc) is 2.57. The highest BCUT2D eigenvalue weighted by molar-refractivity contribution is 5.90. The van der Waals surface area contributed by atoms with Crippen molar-refractivity contribution < 1.29 is 29.9 Å². The summed E-state index contributed by atoms with van der Waals surface area (Å²) in [5.74, 6) is -2.38. The first-order chi connectivity index (χ1) is 12.2. The highest BCUT2D eigenvalue weighted by Gasteiger charge is 2.22. The van der Waals surface area contributed by atoms with Crippen molar-refractivity contribution in [1.82, 2.24) is 0 Å². The Labute approximate surface area is 148 Å². The minimum atomic E-state index is -0.865. The van der Waals surface area contributed by atoms with Crippen molar-refractivity contribution in [2.75, 3.05) is 0 Å². The maximum Gasteiger partial charge on any atom is 0.238 e. The summed E-state index contributed by atoms with van der Waals surface area (Å²) in [6.07, 6.45) is 0.335. The Morgan fingerprint density at radius 3 is 2.23 bits per heavy atom. The van der Waals surface area contributed by atoms with Crippen molar-refractivity contribution >= 4 is 11.0 Å². The Hall–Kier alpha value is -3.35. The molecule has 0 bridgehead atoms. The Kier molecular flexibility index (Phi) is 4.15. The van der Waals surface area contributed by atoms with E-state index in [9.17, 15) is 30.3 Å². The second-order valence-electron chi connectivity index (χ2n) is 6.51. The third-order valence-electron chi connectivity index (χ3n) is 4.07. The fourth-order valence-electron chi connectivity index (χ4n) is 2.82. The van der Waals surface area contributed by atoms with Crippen LogP contribution in [0.15, 0.2) is 33.5 Å². The van der Waals surface area contributed by atoms with Crippen molar-refractivity contribution in [3.8, 4) is 40.1 Å². The lowest BCUT2D eigenvalue weighted by molar-refractivity contribution is 0.403. The summed E-state index contributed by atoms with van der Waals surface area (Å²) in [6, 6.07) is 4.84. The van der Waals surface area contributed by atoms with Crippen molar-refractivity contribution in [1.29, 1.82) is 0 Å². The first kappa shape index (κ1) is 17.5. The molecule has 0 fully saturated rings. The summed E-state index contributed by atoms with van der Waals surface area (Å²) in [7, 11) is 0. The second-order valence-corrected chi connectivity index (χ2v) is 6.51. The SMILES string of the molecule is CC(C)Cc1c(O)cc2oc(-c3ccc(O)c(O)c3)c(O)c(=O)c2c1O. The van der Waals surface area contributed by atoms with E-state index in [-0.39, 0.29) is 45.3 Å². The molecule has 0 aliphatic carbocycles. The normalized spacial score (nSPS) is 11.3. The van der Waals surface area contributed by atoms with Crippen LogP contribution < -0.4 is 5.43 Å². The van der Waals surface area contributed by atoms with Gasteiger partial charge < -0.3 is 29.9 Å². The summed E-state index contributed by atoms with van der Waals surface area (Å²) in [5.41, 5.74) is -0.634. The second kappa shape index (κ2) is 6.18. The van der Waals surface area contributed by atoms with E-state index in [1.807, 2.05) is 13.8 Å². The topological polar surface area (TPSA) is 131 Å². The molecule has 0 amide bonds. The number of phenolic OH excluding ortho intramolecular Hbond substituents is 4. The molecular formula is C19H18O7. The monoisotopic (exact) mass is 358 g/mol. The molecule has 0 aliphatic heterocycles. The first-order valence-corrected chi connectivity index (χ1v) is 7.96. The molecular weight excluding hydrogens is 340 g/mol. The predicted molar refractivity (Wildman–Crippen MR) is 94.8 cm³/mol. The molecule has 3 aromatic rings. The summed E-state index contributed by atoms with van der Waals surface area (Å²) in [5, 5.41) is 49.6. The molecule has 2 aromatic carbocycles. The van der Waals surface area contributed by atoms with Crippen LogP contribution in [0.2, 0.25) is 0 Å². The summed E-state index contributed by atoms with van der Waals surface area (Å²) in [4.78, 5) is 12.6. The minimum absolute atomic E-state index is 0.113. The largest absolute Gasteiger partial charge is 0.507 e. The Balaban J connectivity index is 2.32. The molecule has 7 nitrogen and oxygen atoms in total. The van der Waals surface area contributed by atoms with Crippen LogP contribution in [0.4, 0.5) is 0 Å². The molecule has 0 saturated heterocycles. The first-order valence-electron chi connectivity index (χ1n) is 7.96. The van der Waals surface area contributed by atoms with Crippen LogP contribution in [0.1, 0.15) is 19.4 Å². The number of benzene rings is 2. The molecule has 26 heavy (non-hydrogen) atoms. The van der Waals surface area contributed by atoms with Gasteiger partial charge in [0.1, 0.15) is 22.5 Å². The third-order valence-corrected chi connectivity index (χ3v) is 4.07. The highest BCUT2D eigenvalue weighted by atomic mass is 16.4. The van der Waals surface area contributed by atoms with Crippen molar-refractivity contribution in [2.24, 2.45) is 5.92 Å². The Morgan fingerprint density at radius 2 is 1.62 bits per heavy atom. The third kappa shape index (κ3) is 2.77. The number of hydrogen-bond donors (Lipinski definition) is 5. The van der Waals surface area contributed by atoms with Crippen LogP contribution in [-0.2, 0) is 6.42 Å². The van der Waals surface area contributed by atoms with Crippen LogP contribution in [0.25, 0.3) is 22.3 Å². The molecule has 0 unspecified atom stereocenters. The fraction of sp³-hybridized carbons (Fsp3) is 0.211. The number of aromatic hydroxyl groups is 5. The summed E-state index contributed by atoms with van der Waals surface area (Å²) in [6.45, 7) is 3.78. The average molecular weight is 358 g/mol. The van der Waals surface area contributed by atoms with E-state index in [2.05, 4.69) is 0 Å². The van der Waals surface area contributed by atoms with Gasteiger partial charge in [-0.1, -0.05) is 13.8 Å². The molecule has 0 aliphatic rings. The van der Waals surface area contributed by atoms with E-state index in [4.69, 9.17) is 4.42 Å². The van der Waals surface area contributed by atoms with E-state index >= 15 is 0 Å². The molecule has 7 heteroatoms. The van der Waals surface area contributed by atoms with Gasteiger partial charge in [-0.15, -0.1) is 0 Å². The smallest absolute Gasteiger partial charge is 0.238 e. The lowest BCUT2D eigenvalue weighted by Gasteiger charge is -2.13. The molecule has 136 valence electrons. The van der Waals surface area contributed by atoms with Gasteiger partial charge >= 0.3 is 0 Å². The highest BCUT2D eigenvalue weighted by Crippen LogP contribution is 2.40. The number of hydrogen-bond acceptors (Lipinski definition) is 7. The lowest BCUT2D eigenvalue weighted by Crippen LogP contribution is -2.05. The molecule has 5 N–H and O–H groups in total. The van der Waals surface area contributed by atoms with Crippen molar-refractivity contribution in [3.05, 3.63) is 40.1 Å². The van der Waals surface area contributed by atoms with Gasteiger partial charge in [0.2, 0.25) is 11.2 Å². The van der Waals surface area contributed by atoms with Gasteiger partial charge in [0, 0.05) is 17.2 Å². The van der Waals surface area contributed by atoms with Crippen LogP contribution in [0.5, 0.6) is 28.7 Å². The zero-order valence-corrected chi connectivity index (χ0v) is 14.1. The van der Waals surface area contributed by atoms with E-state index in [1.165, 1.54) is 18.2 Å². The van der Waals surface area contributed by atoms with Crippen LogP contribution in [0, 0.1) is 5.92 Å². The lowest BCUT2D eigenvalue weighted by atomic mass is 9.98. The van der Waals surface area contributed by atoms with Gasteiger partial charge in [0.05, 0.1) is 0 Å². The molecule has 0 saturated carbocycles. The molecule has 0 radical (unpaired) electrons. The van der Waals surface area contributed by atoms with E-state index in [1.54, 1.807) is 0 Å². The van der Waals surface area contributed by atoms with Gasteiger partial charge in [-0.3, -0.25) is 4.79 Å². The van der Waals surface area contributed by atoms with E-state index < -0.39 is 22.7 Å². The van der Waals surface area contributed by atoms with Crippen LogP contribution >= 0.6 is 0 Å². The Bertz CT molecular complexity index is 1060. The van der Waals surface area contributed by atoms with Crippen molar-refractivity contribution in [2.45, 2.75) is 20.3 Å². The molecule has 0 atom stereocenters. The van der Waals surface area contributed by atoms with Gasteiger partial charge in [-0.25, -0.2) is 0 Å². The van der Waals surface area contributed by atoms with Gasteiger partial charge in [-0.05, 0) is 30.5 Å². The quantitative estimate of drug-likeness (QED) is 0.454. The maximum atomic E-state index is 12.6. The van der Waals surface area contributed by atoms with Crippen LogP contribution in [-0.4, -0.2) is 25.5 Å². The van der Waals surface area contributed by atoms with Crippen molar-refractivity contribution in [3.63, 3.8) is 0 Å². The minimum Gasteiger partial charge on any atom is -0.507 e. The zero-order chi connectivity index (χ0) is 19.2. The van der Waals surface area contributed by atoms with E-state index in [0.29, 0.717) is 6.42 Å². The Morgan fingerprint density at radius 1 is 0.923 bits per heavy atom. The standard InChI is InChI=1S/C19H18O7/c1-8(2)5-10-12(21)7-14-15(16(10)23)17(24)18(25)19(26-14)9-3-4-11(20)13(22)6-9/h3-4,6-8,20-23,25H,5H2,1-2H3. The van der Waals surface area contributed by atoms with Gasteiger partial charge in [0.25, 0.3) is 0 Å². The molecule has 3 rings (SSSR count). The molecule has 1 heterocycles. The summed E-state index contributed by atoms with van der Waals surface area (Å²) < 4.78 is 5.51. The fourth-order valence-corrected chi connectivity index (χ4v) is 2.82.